The van der Waals surface area contributed by atoms with Crippen LogP contribution in [0.3, 0.4) is 0 Å². The molecule has 0 saturated carbocycles. The van der Waals surface area contributed by atoms with Gasteiger partial charge in [0.2, 0.25) is 5.91 Å². The van der Waals surface area contributed by atoms with Crippen LogP contribution in [0.25, 0.3) is 6.08 Å². The number of nitrogens with one attached hydrogen (secondary N) is 1. The number of carbonyl (C=O) groups is 1. The Hall–Kier alpha value is -3.21. The van der Waals surface area contributed by atoms with Crippen LogP contribution >= 0.6 is 0 Å². The molecule has 0 aliphatic rings. The summed E-state index contributed by atoms with van der Waals surface area (Å²) in [5.41, 5.74) is 2.70. The molecule has 0 aliphatic carbocycles. The quantitative estimate of drug-likeness (QED) is 0.737. The van der Waals surface area contributed by atoms with Crippen molar-refractivity contribution >= 4 is 17.7 Å². The van der Waals surface area contributed by atoms with Gasteiger partial charge in [-0.3, -0.25) is 14.5 Å². The Morgan fingerprint density at radius 3 is 2.78 bits per heavy atom. The summed E-state index contributed by atoms with van der Waals surface area (Å²) in [4.78, 5) is 15.9. The van der Waals surface area contributed by atoms with Crippen molar-refractivity contribution in [2.24, 2.45) is 0 Å². The maximum absolute atomic E-state index is 11.9. The normalized spacial score (nSPS) is 10.8. The zero-order chi connectivity index (χ0) is 15.9. The molecule has 0 aliphatic heterocycles. The van der Waals surface area contributed by atoms with Gasteiger partial charge in [-0.2, -0.15) is 5.10 Å². The first-order chi connectivity index (χ1) is 11.3. The van der Waals surface area contributed by atoms with Gasteiger partial charge in [0.1, 0.15) is 0 Å². The van der Waals surface area contributed by atoms with Crippen LogP contribution in [-0.4, -0.2) is 20.7 Å². The van der Waals surface area contributed by atoms with Crippen LogP contribution in [0.1, 0.15) is 11.1 Å². The number of hydrogen-bond acceptors (Lipinski definition) is 3. The summed E-state index contributed by atoms with van der Waals surface area (Å²) in [6.07, 6.45) is 10.0. The molecule has 5 heteroatoms. The molecular weight excluding hydrogens is 288 g/mol. The van der Waals surface area contributed by atoms with Gasteiger partial charge in [0.25, 0.3) is 0 Å². The second-order valence-corrected chi connectivity index (χ2v) is 5.02. The van der Waals surface area contributed by atoms with Crippen LogP contribution in [0, 0.1) is 0 Å². The molecule has 0 unspecified atom stereocenters. The van der Waals surface area contributed by atoms with Crippen LogP contribution in [0.5, 0.6) is 0 Å². The summed E-state index contributed by atoms with van der Waals surface area (Å²) in [5, 5.41) is 7.04. The predicted octanol–water partition coefficient (Wildman–Crippen LogP) is 2.98. The first-order valence-electron chi connectivity index (χ1n) is 7.25. The number of aromatic nitrogens is 3. The molecule has 3 rings (SSSR count). The lowest BCUT2D eigenvalue weighted by Gasteiger charge is -2.01. The van der Waals surface area contributed by atoms with Crippen molar-refractivity contribution in [2.75, 3.05) is 5.32 Å². The molecule has 0 radical (unpaired) electrons. The molecule has 1 aromatic carbocycles. The fourth-order valence-electron chi connectivity index (χ4n) is 2.12. The topological polar surface area (TPSA) is 59.8 Å². The molecule has 5 nitrogen and oxygen atoms in total. The molecule has 23 heavy (non-hydrogen) atoms. The van der Waals surface area contributed by atoms with Crippen LogP contribution < -0.4 is 5.32 Å². The van der Waals surface area contributed by atoms with Gasteiger partial charge in [0.15, 0.2) is 0 Å². The van der Waals surface area contributed by atoms with Crippen molar-refractivity contribution < 1.29 is 4.79 Å². The maximum Gasteiger partial charge on any atom is 0.248 e. The monoisotopic (exact) mass is 304 g/mol. The average molecular weight is 304 g/mol. The van der Waals surface area contributed by atoms with Crippen LogP contribution in [0.4, 0.5) is 5.69 Å². The van der Waals surface area contributed by atoms with Gasteiger partial charge >= 0.3 is 0 Å². The number of amides is 1. The Balaban J connectivity index is 1.58. The van der Waals surface area contributed by atoms with E-state index in [2.05, 4.69) is 15.4 Å². The minimum absolute atomic E-state index is 0.201. The first kappa shape index (κ1) is 14.7. The Morgan fingerprint density at radius 2 is 2.00 bits per heavy atom. The SMILES string of the molecule is O=C(/C=C/c1cccnc1)Nc1cnn(Cc2ccccc2)c1. The standard InChI is InChI=1S/C18H16N4O/c23-18(9-8-15-7-4-10-19-11-15)21-17-12-20-22(14-17)13-16-5-2-1-3-6-16/h1-12,14H,13H2,(H,21,23)/b9-8+. The van der Waals surface area contributed by atoms with E-state index in [0.29, 0.717) is 12.2 Å². The van der Waals surface area contributed by atoms with Crippen molar-refractivity contribution in [3.8, 4) is 0 Å². The molecule has 1 amide bonds. The largest absolute Gasteiger partial charge is 0.320 e. The molecule has 0 atom stereocenters. The van der Waals surface area contributed by atoms with Gasteiger partial charge in [-0.05, 0) is 23.3 Å². The zero-order valence-electron chi connectivity index (χ0n) is 12.5. The van der Waals surface area contributed by atoms with Crippen molar-refractivity contribution in [3.63, 3.8) is 0 Å². The number of hydrogen-bond donors (Lipinski definition) is 1. The molecule has 3 aromatic rings. The first-order valence-corrected chi connectivity index (χ1v) is 7.25. The third-order valence-corrected chi connectivity index (χ3v) is 3.20. The average Bonchev–Trinajstić information content (AvgIpc) is 3.02. The van der Waals surface area contributed by atoms with E-state index in [1.165, 1.54) is 6.08 Å². The van der Waals surface area contributed by atoms with Gasteiger partial charge in [-0.25, -0.2) is 0 Å². The van der Waals surface area contributed by atoms with Crippen molar-refractivity contribution in [1.82, 2.24) is 14.8 Å². The van der Waals surface area contributed by atoms with Gasteiger partial charge in [0, 0.05) is 24.7 Å². The molecule has 1 N–H and O–H groups in total. The van der Waals surface area contributed by atoms with Gasteiger partial charge in [-0.15, -0.1) is 0 Å². The highest BCUT2D eigenvalue weighted by Crippen LogP contribution is 2.08. The number of carbonyl (C=O) groups excluding carboxylic acids is 1. The van der Waals surface area contributed by atoms with E-state index >= 15 is 0 Å². The summed E-state index contributed by atoms with van der Waals surface area (Å²) in [6, 6.07) is 13.7. The van der Waals surface area contributed by atoms with E-state index in [1.54, 1.807) is 29.3 Å². The molecule has 0 bridgehead atoms. The zero-order valence-corrected chi connectivity index (χ0v) is 12.5. The highest BCUT2D eigenvalue weighted by atomic mass is 16.1. The minimum atomic E-state index is -0.201. The van der Waals surface area contributed by atoms with Crippen molar-refractivity contribution in [1.29, 1.82) is 0 Å². The Kier molecular flexibility index (Phi) is 4.59. The smallest absolute Gasteiger partial charge is 0.248 e. The van der Waals surface area contributed by atoms with Crippen LogP contribution in [0.15, 0.2) is 73.3 Å². The second-order valence-electron chi connectivity index (χ2n) is 5.02. The van der Waals surface area contributed by atoms with Gasteiger partial charge in [0.05, 0.1) is 18.4 Å². The maximum atomic E-state index is 11.9. The Morgan fingerprint density at radius 1 is 1.13 bits per heavy atom. The van der Waals surface area contributed by atoms with E-state index in [4.69, 9.17) is 0 Å². The summed E-state index contributed by atoms with van der Waals surface area (Å²) in [6.45, 7) is 0.669. The van der Waals surface area contributed by atoms with Gasteiger partial charge in [-0.1, -0.05) is 36.4 Å². The molecule has 2 heterocycles. The minimum Gasteiger partial charge on any atom is -0.320 e. The lowest BCUT2D eigenvalue weighted by atomic mass is 10.2. The lowest BCUT2D eigenvalue weighted by molar-refractivity contribution is -0.111. The number of anilines is 1. The molecular formula is C18H16N4O. The molecule has 2 aromatic heterocycles. The number of rotatable bonds is 5. The summed E-state index contributed by atoms with van der Waals surface area (Å²) < 4.78 is 1.79. The third-order valence-electron chi connectivity index (χ3n) is 3.20. The summed E-state index contributed by atoms with van der Waals surface area (Å²) in [5.74, 6) is -0.201. The van der Waals surface area contributed by atoms with E-state index in [1.807, 2.05) is 48.7 Å². The van der Waals surface area contributed by atoms with E-state index in [9.17, 15) is 4.79 Å². The lowest BCUT2D eigenvalue weighted by Crippen LogP contribution is -2.07. The van der Waals surface area contributed by atoms with Crippen molar-refractivity contribution in [2.45, 2.75) is 6.54 Å². The summed E-state index contributed by atoms with van der Waals surface area (Å²) in [7, 11) is 0. The molecule has 114 valence electrons. The molecule has 0 spiro atoms. The fraction of sp³-hybridized carbons (Fsp3) is 0.0556. The van der Waals surface area contributed by atoms with E-state index in [-0.39, 0.29) is 5.91 Å². The third kappa shape index (κ3) is 4.38. The molecule has 0 saturated heterocycles. The number of benzene rings is 1. The van der Waals surface area contributed by atoms with E-state index < -0.39 is 0 Å². The van der Waals surface area contributed by atoms with E-state index in [0.717, 1.165) is 11.1 Å². The fourth-order valence-corrected chi connectivity index (χ4v) is 2.12. The molecule has 0 fully saturated rings. The van der Waals surface area contributed by atoms with Crippen molar-refractivity contribution in [3.05, 3.63) is 84.5 Å². The number of pyridine rings is 1. The highest BCUT2D eigenvalue weighted by Gasteiger charge is 2.02. The van der Waals surface area contributed by atoms with Gasteiger partial charge < -0.3 is 5.32 Å². The predicted molar refractivity (Wildman–Crippen MR) is 89.7 cm³/mol. The van der Waals surface area contributed by atoms with Crippen LogP contribution in [-0.2, 0) is 11.3 Å². The Labute approximate surface area is 134 Å². The Bertz CT molecular complexity index is 794. The number of nitrogens with zero attached hydrogens (tertiary/aromatic N) is 3. The summed E-state index contributed by atoms with van der Waals surface area (Å²) >= 11 is 0. The van der Waals surface area contributed by atoms with Crippen LogP contribution in [0.2, 0.25) is 0 Å². The highest BCUT2D eigenvalue weighted by molar-refractivity contribution is 6.01. The second kappa shape index (κ2) is 7.17.